The van der Waals surface area contributed by atoms with Gasteiger partial charge in [0.25, 0.3) is 0 Å². The summed E-state index contributed by atoms with van der Waals surface area (Å²) < 4.78 is 5.65. The normalized spacial score (nSPS) is 10.4. The SMILES string of the molecule is CC(C)Oc1cccc(CNc2ccccc2C(=O)O)c1. The van der Waals surface area contributed by atoms with Gasteiger partial charge in [-0.15, -0.1) is 0 Å². The van der Waals surface area contributed by atoms with Gasteiger partial charge in [0.1, 0.15) is 5.75 Å². The van der Waals surface area contributed by atoms with Crippen LogP contribution in [-0.4, -0.2) is 17.2 Å². The van der Waals surface area contributed by atoms with Crippen molar-refractivity contribution in [2.24, 2.45) is 0 Å². The molecule has 21 heavy (non-hydrogen) atoms. The lowest BCUT2D eigenvalue weighted by molar-refractivity contribution is 0.0698. The second-order valence-electron chi connectivity index (χ2n) is 5.02. The van der Waals surface area contributed by atoms with Crippen molar-refractivity contribution in [3.05, 3.63) is 59.7 Å². The van der Waals surface area contributed by atoms with E-state index in [4.69, 9.17) is 9.84 Å². The summed E-state index contributed by atoms with van der Waals surface area (Å²) in [5.41, 5.74) is 1.92. The third kappa shape index (κ3) is 4.24. The summed E-state index contributed by atoms with van der Waals surface area (Å²) in [5.74, 6) is -0.120. The first kappa shape index (κ1) is 14.9. The molecule has 0 unspecified atom stereocenters. The summed E-state index contributed by atoms with van der Waals surface area (Å²) in [6, 6.07) is 14.6. The van der Waals surface area contributed by atoms with Gasteiger partial charge in [-0.3, -0.25) is 0 Å². The van der Waals surface area contributed by atoms with E-state index in [0.717, 1.165) is 11.3 Å². The van der Waals surface area contributed by atoms with Crippen molar-refractivity contribution in [3.63, 3.8) is 0 Å². The van der Waals surface area contributed by atoms with Crippen LogP contribution < -0.4 is 10.1 Å². The minimum absolute atomic E-state index is 0.126. The number of rotatable bonds is 6. The minimum Gasteiger partial charge on any atom is -0.491 e. The molecule has 0 heterocycles. The number of nitrogens with one attached hydrogen (secondary N) is 1. The van der Waals surface area contributed by atoms with E-state index >= 15 is 0 Å². The van der Waals surface area contributed by atoms with Crippen molar-refractivity contribution in [2.45, 2.75) is 26.5 Å². The molecule has 2 rings (SSSR count). The van der Waals surface area contributed by atoms with Crippen LogP contribution in [0.4, 0.5) is 5.69 Å². The van der Waals surface area contributed by atoms with E-state index in [-0.39, 0.29) is 11.7 Å². The van der Waals surface area contributed by atoms with E-state index < -0.39 is 5.97 Å². The van der Waals surface area contributed by atoms with Gasteiger partial charge in [-0.05, 0) is 43.7 Å². The van der Waals surface area contributed by atoms with Gasteiger partial charge in [0, 0.05) is 12.2 Å². The number of ether oxygens (including phenoxy) is 1. The molecular formula is C17H19NO3. The summed E-state index contributed by atoms with van der Waals surface area (Å²) in [7, 11) is 0. The Kier molecular flexibility index (Phi) is 4.82. The van der Waals surface area contributed by atoms with Crippen LogP contribution in [0.15, 0.2) is 48.5 Å². The van der Waals surface area contributed by atoms with Crippen molar-refractivity contribution >= 4 is 11.7 Å². The molecule has 4 heteroatoms. The summed E-state index contributed by atoms with van der Waals surface area (Å²) >= 11 is 0. The Balaban J connectivity index is 2.08. The Morgan fingerprint density at radius 3 is 2.67 bits per heavy atom. The van der Waals surface area contributed by atoms with E-state index in [2.05, 4.69) is 5.32 Å². The van der Waals surface area contributed by atoms with Gasteiger partial charge >= 0.3 is 5.97 Å². The van der Waals surface area contributed by atoms with Gasteiger partial charge in [-0.1, -0.05) is 24.3 Å². The molecule has 2 N–H and O–H groups in total. The molecule has 0 amide bonds. The van der Waals surface area contributed by atoms with Crippen molar-refractivity contribution in [3.8, 4) is 5.75 Å². The highest BCUT2D eigenvalue weighted by Crippen LogP contribution is 2.18. The minimum atomic E-state index is -0.935. The number of para-hydroxylation sites is 1. The quantitative estimate of drug-likeness (QED) is 0.848. The predicted octanol–water partition coefficient (Wildman–Crippen LogP) is 3.78. The average molecular weight is 285 g/mol. The number of benzene rings is 2. The zero-order valence-electron chi connectivity index (χ0n) is 12.2. The number of anilines is 1. The molecule has 0 aromatic heterocycles. The number of hydrogen-bond acceptors (Lipinski definition) is 3. The summed E-state index contributed by atoms with van der Waals surface area (Å²) in [5, 5.41) is 12.3. The fourth-order valence-corrected chi connectivity index (χ4v) is 2.02. The number of carboxylic acids is 1. The number of carboxylic acid groups (broad SMARTS) is 1. The van der Waals surface area contributed by atoms with E-state index in [1.807, 2.05) is 44.2 Å². The van der Waals surface area contributed by atoms with Crippen molar-refractivity contribution < 1.29 is 14.6 Å². The zero-order chi connectivity index (χ0) is 15.2. The van der Waals surface area contributed by atoms with Crippen LogP contribution in [0.5, 0.6) is 5.75 Å². The van der Waals surface area contributed by atoms with Gasteiger partial charge in [-0.25, -0.2) is 4.79 Å². The molecular weight excluding hydrogens is 266 g/mol. The van der Waals surface area contributed by atoms with E-state index in [0.29, 0.717) is 12.2 Å². The maximum atomic E-state index is 11.1. The first-order chi connectivity index (χ1) is 10.1. The molecule has 0 bridgehead atoms. The fourth-order valence-electron chi connectivity index (χ4n) is 2.02. The van der Waals surface area contributed by atoms with Crippen molar-refractivity contribution in [2.75, 3.05) is 5.32 Å². The second-order valence-corrected chi connectivity index (χ2v) is 5.02. The lowest BCUT2D eigenvalue weighted by Crippen LogP contribution is -2.07. The zero-order valence-corrected chi connectivity index (χ0v) is 12.2. The Bertz CT molecular complexity index is 623. The van der Waals surface area contributed by atoms with Crippen molar-refractivity contribution in [1.29, 1.82) is 0 Å². The predicted molar refractivity (Wildman–Crippen MR) is 82.9 cm³/mol. The van der Waals surface area contributed by atoms with Gasteiger partial charge in [0.05, 0.1) is 11.7 Å². The lowest BCUT2D eigenvalue weighted by atomic mass is 10.1. The largest absolute Gasteiger partial charge is 0.491 e. The molecule has 0 atom stereocenters. The summed E-state index contributed by atoms with van der Waals surface area (Å²) in [4.78, 5) is 11.1. The van der Waals surface area contributed by atoms with Crippen LogP contribution in [-0.2, 0) is 6.54 Å². The molecule has 0 aliphatic carbocycles. The van der Waals surface area contributed by atoms with Crippen LogP contribution >= 0.6 is 0 Å². The van der Waals surface area contributed by atoms with Crippen LogP contribution in [0.3, 0.4) is 0 Å². The topological polar surface area (TPSA) is 58.6 Å². The molecule has 0 radical (unpaired) electrons. The molecule has 0 spiro atoms. The molecule has 0 saturated heterocycles. The molecule has 4 nitrogen and oxygen atoms in total. The van der Waals surface area contributed by atoms with Crippen molar-refractivity contribution in [1.82, 2.24) is 0 Å². The van der Waals surface area contributed by atoms with E-state index in [9.17, 15) is 4.79 Å². The maximum absolute atomic E-state index is 11.1. The number of hydrogen-bond donors (Lipinski definition) is 2. The highest BCUT2D eigenvalue weighted by atomic mass is 16.5. The Morgan fingerprint density at radius 1 is 1.19 bits per heavy atom. The molecule has 0 saturated carbocycles. The Hall–Kier alpha value is -2.49. The third-order valence-corrected chi connectivity index (χ3v) is 2.91. The van der Waals surface area contributed by atoms with Gasteiger partial charge in [0.2, 0.25) is 0 Å². The molecule has 2 aromatic rings. The summed E-state index contributed by atoms with van der Waals surface area (Å²) in [6.07, 6.45) is 0.126. The van der Waals surface area contributed by atoms with E-state index in [1.54, 1.807) is 18.2 Å². The first-order valence-corrected chi connectivity index (χ1v) is 6.88. The first-order valence-electron chi connectivity index (χ1n) is 6.88. The molecule has 0 aliphatic rings. The van der Waals surface area contributed by atoms with Crippen LogP contribution in [0.1, 0.15) is 29.8 Å². The molecule has 110 valence electrons. The van der Waals surface area contributed by atoms with Crippen LogP contribution in [0.25, 0.3) is 0 Å². The third-order valence-electron chi connectivity index (χ3n) is 2.91. The second kappa shape index (κ2) is 6.79. The van der Waals surface area contributed by atoms with E-state index in [1.165, 1.54) is 0 Å². The lowest BCUT2D eigenvalue weighted by Gasteiger charge is -2.12. The fraction of sp³-hybridized carbons (Fsp3) is 0.235. The highest BCUT2D eigenvalue weighted by molar-refractivity contribution is 5.94. The monoisotopic (exact) mass is 285 g/mol. The number of aromatic carboxylic acids is 1. The van der Waals surface area contributed by atoms with Gasteiger partial charge in [-0.2, -0.15) is 0 Å². The number of carbonyl (C=O) groups is 1. The average Bonchev–Trinajstić information content (AvgIpc) is 2.45. The van der Waals surface area contributed by atoms with Crippen LogP contribution in [0, 0.1) is 0 Å². The summed E-state index contributed by atoms with van der Waals surface area (Å²) in [6.45, 7) is 4.50. The van der Waals surface area contributed by atoms with Crippen LogP contribution in [0.2, 0.25) is 0 Å². The molecule has 0 aliphatic heterocycles. The standard InChI is InChI=1S/C17H19NO3/c1-12(2)21-14-7-5-6-13(10-14)11-18-16-9-4-3-8-15(16)17(19)20/h3-10,12,18H,11H2,1-2H3,(H,19,20). The molecule has 2 aromatic carbocycles. The Labute approximate surface area is 124 Å². The smallest absolute Gasteiger partial charge is 0.337 e. The maximum Gasteiger partial charge on any atom is 0.337 e. The Morgan fingerprint density at radius 2 is 1.95 bits per heavy atom. The molecule has 0 fully saturated rings. The van der Waals surface area contributed by atoms with Gasteiger partial charge in [0.15, 0.2) is 0 Å². The highest BCUT2D eigenvalue weighted by Gasteiger charge is 2.08. The van der Waals surface area contributed by atoms with Gasteiger partial charge < -0.3 is 15.2 Å².